The van der Waals surface area contributed by atoms with Crippen molar-refractivity contribution in [2.45, 2.75) is 51.9 Å². The van der Waals surface area contributed by atoms with Crippen LogP contribution in [-0.2, 0) is 15.9 Å². The van der Waals surface area contributed by atoms with Crippen molar-refractivity contribution in [1.82, 2.24) is 9.88 Å². The molecule has 0 radical (unpaired) electrons. The van der Waals surface area contributed by atoms with Gasteiger partial charge in [-0.2, -0.15) is 0 Å². The second-order valence-corrected chi connectivity index (χ2v) is 8.51. The number of hydrogen-bond acceptors (Lipinski definition) is 3. The molecule has 0 spiro atoms. The molecule has 1 N–H and O–H groups in total. The van der Waals surface area contributed by atoms with E-state index in [2.05, 4.69) is 11.1 Å². The number of nitrogens with zero attached hydrogens (tertiary/aromatic N) is 1. The van der Waals surface area contributed by atoms with Crippen LogP contribution in [0, 0.1) is 6.92 Å². The molecule has 5 nitrogen and oxygen atoms in total. The van der Waals surface area contributed by atoms with E-state index in [9.17, 15) is 4.79 Å². The minimum atomic E-state index is -0.543. The summed E-state index contributed by atoms with van der Waals surface area (Å²) in [6.07, 6.45) is 2.13. The van der Waals surface area contributed by atoms with E-state index < -0.39 is 5.60 Å². The van der Waals surface area contributed by atoms with Crippen molar-refractivity contribution in [3.8, 4) is 0 Å². The molecule has 1 fully saturated rings. The average molecular weight is 391 g/mol. The van der Waals surface area contributed by atoms with Crippen LogP contribution in [0.1, 0.15) is 43.7 Å². The van der Waals surface area contributed by atoms with Gasteiger partial charge in [0.25, 0.3) is 0 Å². The summed E-state index contributed by atoms with van der Waals surface area (Å²) in [5, 5.41) is 0.699. The minimum Gasteiger partial charge on any atom is -0.444 e. The lowest BCUT2D eigenvalue weighted by atomic mass is 10.0. The highest BCUT2D eigenvalue weighted by atomic mass is 35.5. The Kier molecular flexibility index (Phi) is 5.82. The molecule has 3 rings (SSSR count). The Morgan fingerprint density at radius 3 is 2.63 bits per heavy atom. The summed E-state index contributed by atoms with van der Waals surface area (Å²) >= 11 is 5.98. The van der Waals surface area contributed by atoms with Crippen LogP contribution in [0.4, 0.5) is 4.79 Å². The highest BCUT2D eigenvalue weighted by Gasteiger charge is 2.36. The predicted molar refractivity (Wildman–Crippen MR) is 106 cm³/mol. The molecule has 146 valence electrons. The smallest absolute Gasteiger partial charge is 0.410 e. The number of morpholine rings is 1. The van der Waals surface area contributed by atoms with Gasteiger partial charge in [-0.3, -0.25) is 4.90 Å². The third-order valence-corrected chi connectivity index (χ3v) is 4.75. The Balaban J connectivity index is 1.78. The molecule has 0 aliphatic carbocycles. The molecule has 2 aromatic rings. The number of halogens is 1. The second kappa shape index (κ2) is 7.95. The summed E-state index contributed by atoms with van der Waals surface area (Å²) in [6, 6.07) is 9.66. The quantitative estimate of drug-likeness (QED) is 0.811. The number of ether oxygens (including phenoxy) is 2. The maximum absolute atomic E-state index is 12.9. The number of hydrogen-bond donors (Lipinski definition) is 1. The molecule has 2 heterocycles. The number of carbonyl (C=O) groups is 1. The maximum Gasteiger partial charge on any atom is 0.410 e. The molecule has 6 heteroatoms. The fourth-order valence-electron chi connectivity index (χ4n) is 3.20. The molecular formula is C21H27ClN2O3. The van der Waals surface area contributed by atoms with Gasteiger partial charge >= 0.3 is 6.09 Å². The van der Waals surface area contributed by atoms with E-state index in [-0.39, 0.29) is 18.2 Å². The maximum atomic E-state index is 12.9. The standard InChI is InChI=1S/C21H27ClN2O3/c1-14-9-18(23-11-14)19-12-24(20(25)27-21(2,3)4)17(13-26-19)10-15-5-7-16(22)8-6-15/h5-9,11,17,19,23H,10,12-13H2,1-4H3/t17-,19+/m0/s1. The number of carbonyl (C=O) groups excluding carboxylic acids is 1. The van der Waals surface area contributed by atoms with Crippen LogP contribution in [0.15, 0.2) is 36.5 Å². The van der Waals surface area contributed by atoms with Crippen molar-refractivity contribution in [1.29, 1.82) is 0 Å². The molecule has 0 bridgehead atoms. The van der Waals surface area contributed by atoms with E-state index in [0.29, 0.717) is 24.6 Å². The zero-order valence-electron chi connectivity index (χ0n) is 16.3. The van der Waals surface area contributed by atoms with Gasteiger partial charge in [0, 0.05) is 16.9 Å². The van der Waals surface area contributed by atoms with Crippen molar-refractivity contribution in [3.63, 3.8) is 0 Å². The van der Waals surface area contributed by atoms with Gasteiger partial charge < -0.3 is 14.5 Å². The van der Waals surface area contributed by atoms with Crippen molar-refractivity contribution in [2.75, 3.05) is 13.2 Å². The fraction of sp³-hybridized carbons (Fsp3) is 0.476. The molecule has 1 saturated heterocycles. The molecule has 1 aromatic carbocycles. The first-order valence-corrected chi connectivity index (χ1v) is 9.59. The van der Waals surface area contributed by atoms with Crippen LogP contribution in [0.25, 0.3) is 0 Å². The molecule has 1 aromatic heterocycles. The van der Waals surface area contributed by atoms with Crippen molar-refractivity contribution in [2.24, 2.45) is 0 Å². The highest BCUT2D eigenvalue weighted by Crippen LogP contribution is 2.28. The van der Waals surface area contributed by atoms with E-state index in [1.54, 1.807) is 4.90 Å². The van der Waals surface area contributed by atoms with Crippen molar-refractivity contribution < 1.29 is 14.3 Å². The van der Waals surface area contributed by atoms with Crippen LogP contribution in [0.3, 0.4) is 0 Å². The lowest BCUT2D eigenvalue weighted by molar-refractivity contribution is -0.0721. The Morgan fingerprint density at radius 2 is 2.04 bits per heavy atom. The lowest BCUT2D eigenvalue weighted by Gasteiger charge is -2.40. The van der Waals surface area contributed by atoms with E-state index in [4.69, 9.17) is 21.1 Å². The number of benzene rings is 1. The highest BCUT2D eigenvalue weighted by molar-refractivity contribution is 6.30. The van der Waals surface area contributed by atoms with E-state index in [1.165, 1.54) is 0 Å². The van der Waals surface area contributed by atoms with Gasteiger partial charge in [-0.25, -0.2) is 4.79 Å². The van der Waals surface area contributed by atoms with Gasteiger partial charge in [-0.05, 0) is 63.4 Å². The van der Waals surface area contributed by atoms with Crippen LogP contribution in [-0.4, -0.2) is 40.8 Å². The normalized spacial score (nSPS) is 20.6. The number of aryl methyl sites for hydroxylation is 1. The first kappa shape index (κ1) is 19.8. The number of H-pyrrole nitrogens is 1. The van der Waals surface area contributed by atoms with Gasteiger partial charge in [0.05, 0.1) is 19.2 Å². The third-order valence-electron chi connectivity index (χ3n) is 4.50. The molecule has 1 amide bonds. The van der Waals surface area contributed by atoms with Gasteiger partial charge in [0.2, 0.25) is 0 Å². The van der Waals surface area contributed by atoms with E-state index in [1.807, 2.05) is 58.2 Å². The number of nitrogens with one attached hydrogen (secondary N) is 1. The first-order chi connectivity index (χ1) is 12.7. The molecule has 0 saturated carbocycles. The number of amides is 1. The number of rotatable bonds is 3. The monoisotopic (exact) mass is 390 g/mol. The summed E-state index contributed by atoms with van der Waals surface area (Å²) in [5.41, 5.74) is 2.68. The summed E-state index contributed by atoms with van der Waals surface area (Å²) in [7, 11) is 0. The van der Waals surface area contributed by atoms with E-state index in [0.717, 1.165) is 16.8 Å². The van der Waals surface area contributed by atoms with Crippen LogP contribution >= 0.6 is 11.6 Å². The number of aromatic amines is 1. The Morgan fingerprint density at radius 1 is 1.33 bits per heavy atom. The van der Waals surface area contributed by atoms with Crippen molar-refractivity contribution in [3.05, 3.63) is 58.4 Å². The van der Waals surface area contributed by atoms with Crippen LogP contribution in [0.2, 0.25) is 5.02 Å². The largest absolute Gasteiger partial charge is 0.444 e. The SMILES string of the molecule is Cc1c[nH]c([C@H]2CN(C(=O)OC(C)(C)C)[C@@H](Cc3ccc(Cl)cc3)CO2)c1. The Bertz CT molecular complexity index is 779. The molecule has 0 unspecified atom stereocenters. The van der Waals surface area contributed by atoms with Crippen LogP contribution in [0.5, 0.6) is 0 Å². The minimum absolute atomic E-state index is 0.0895. The zero-order valence-corrected chi connectivity index (χ0v) is 17.0. The molecule has 2 atom stereocenters. The Hall–Kier alpha value is -1.98. The third kappa shape index (κ3) is 5.27. The second-order valence-electron chi connectivity index (χ2n) is 8.07. The average Bonchev–Trinajstić information content (AvgIpc) is 3.02. The zero-order chi connectivity index (χ0) is 19.6. The Labute approximate surface area is 165 Å². The molecule has 27 heavy (non-hydrogen) atoms. The van der Waals surface area contributed by atoms with Gasteiger partial charge in [-0.1, -0.05) is 23.7 Å². The topological polar surface area (TPSA) is 54.6 Å². The van der Waals surface area contributed by atoms with Crippen molar-refractivity contribution >= 4 is 17.7 Å². The fourth-order valence-corrected chi connectivity index (χ4v) is 3.33. The van der Waals surface area contributed by atoms with Gasteiger partial charge in [0.1, 0.15) is 11.7 Å². The number of aromatic nitrogens is 1. The molecule has 1 aliphatic heterocycles. The lowest BCUT2D eigenvalue weighted by Crippen LogP contribution is -2.52. The molecule has 1 aliphatic rings. The van der Waals surface area contributed by atoms with Gasteiger partial charge in [-0.15, -0.1) is 0 Å². The summed E-state index contributed by atoms with van der Waals surface area (Å²) < 4.78 is 11.7. The van der Waals surface area contributed by atoms with E-state index >= 15 is 0 Å². The first-order valence-electron chi connectivity index (χ1n) is 9.22. The predicted octanol–water partition coefficient (Wildman–Crippen LogP) is 4.90. The van der Waals surface area contributed by atoms with Gasteiger partial charge in [0.15, 0.2) is 0 Å². The summed E-state index contributed by atoms with van der Waals surface area (Å²) in [5.74, 6) is 0. The van der Waals surface area contributed by atoms with Crippen LogP contribution < -0.4 is 0 Å². The molecular weight excluding hydrogens is 364 g/mol. The summed E-state index contributed by atoms with van der Waals surface area (Å²) in [6.45, 7) is 8.57. The summed E-state index contributed by atoms with van der Waals surface area (Å²) in [4.78, 5) is 17.9.